The van der Waals surface area contributed by atoms with Crippen LogP contribution in [0.15, 0.2) is 22.8 Å². The van der Waals surface area contributed by atoms with Crippen molar-refractivity contribution >= 4 is 27.7 Å². The molecule has 2 unspecified atom stereocenters. The fourth-order valence-corrected chi connectivity index (χ4v) is 3.48. The molecule has 20 heavy (non-hydrogen) atoms. The molecular weight excluding hydrogens is 320 g/mol. The first kappa shape index (κ1) is 14.0. The minimum atomic E-state index is 0.0340. The Labute approximate surface area is 127 Å². The van der Waals surface area contributed by atoms with Crippen LogP contribution in [0, 0.1) is 0 Å². The zero-order valence-corrected chi connectivity index (χ0v) is 13.1. The second-order valence-electron chi connectivity index (χ2n) is 5.64. The Kier molecular flexibility index (Phi) is 4.05. The van der Waals surface area contributed by atoms with Crippen molar-refractivity contribution in [3.8, 4) is 0 Å². The molecule has 2 bridgehead atoms. The highest BCUT2D eigenvalue weighted by Gasteiger charge is 2.40. The quantitative estimate of drug-likeness (QED) is 0.905. The largest absolute Gasteiger partial charge is 0.311 e. The molecule has 0 spiro atoms. The van der Waals surface area contributed by atoms with E-state index >= 15 is 0 Å². The molecule has 1 amide bonds. The van der Waals surface area contributed by atoms with E-state index in [1.807, 2.05) is 12.1 Å². The Morgan fingerprint density at radius 1 is 1.50 bits per heavy atom. The van der Waals surface area contributed by atoms with Crippen LogP contribution >= 0.6 is 15.9 Å². The summed E-state index contributed by atoms with van der Waals surface area (Å²) in [7, 11) is 2.19. The van der Waals surface area contributed by atoms with E-state index in [0.29, 0.717) is 24.3 Å². The summed E-state index contributed by atoms with van der Waals surface area (Å²) in [5.74, 6) is 0.638. The second-order valence-corrected chi connectivity index (χ2v) is 6.55. The van der Waals surface area contributed by atoms with Gasteiger partial charge in [0.15, 0.2) is 0 Å². The summed E-state index contributed by atoms with van der Waals surface area (Å²) >= 11 is 3.37. The zero-order valence-electron chi connectivity index (χ0n) is 11.6. The topological polar surface area (TPSA) is 48.5 Å². The van der Waals surface area contributed by atoms with Crippen LogP contribution < -0.4 is 5.32 Å². The van der Waals surface area contributed by atoms with Crippen LogP contribution in [0.3, 0.4) is 0 Å². The van der Waals surface area contributed by atoms with E-state index in [2.05, 4.69) is 43.1 Å². The normalized spacial score (nSPS) is 26.1. The first-order chi connectivity index (χ1) is 9.61. The fourth-order valence-electron chi connectivity index (χ4n) is 3.15. The number of amides is 1. The van der Waals surface area contributed by atoms with E-state index in [1.54, 1.807) is 6.20 Å². The third kappa shape index (κ3) is 3.02. The number of aromatic nitrogens is 1. The third-order valence-corrected chi connectivity index (χ3v) is 4.74. The number of carbonyl (C=O) groups excluding carboxylic acids is 1. The maximum atomic E-state index is 11.9. The number of carbonyl (C=O) groups is 1. The van der Waals surface area contributed by atoms with Gasteiger partial charge in [0.25, 0.3) is 0 Å². The van der Waals surface area contributed by atoms with Crippen molar-refractivity contribution in [3.05, 3.63) is 22.8 Å². The molecule has 2 saturated heterocycles. The van der Waals surface area contributed by atoms with Crippen molar-refractivity contribution in [1.29, 1.82) is 0 Å². The summed E-state index contributed by atoms with van der Waals surface area (Å²) < 4.78 is 0.919. The summed E-state index contributed by atoms with van der Waals surface area (Å²) in [6.45, 7) is 3.08. The molecule has 0 aliphatic carbocycles. The fraction of sp³-hybridized carbons (Fsp3) is 0.571. The molecule has 2 aliphatic heterocycles. The number of piperazine rings is 1. The number of fused-ring (bicyclic) bond motifs is 2. The van der Waals surface area contributed by atoms with Gasteiger partial charge in [-0.15, -0.1) is 0 Å². The molecule has 6 heteroatoms. The molecule has 2 atom stereocenters. The van der Waals surface area contributed by atoms with Crippen LogP contribution in [-0.4, -0.2) is 59.5 Å². The number of halogens is 1. The Bertz CT molecular complexity index is 508. The van der Waals surface area contributed by atoms with Crippen LogP contribution in [0.2, 0.25) is 0 Å². The van der Waals surface area contributed by atoms with Crippen LogP contribution in [-0.2, 0) is 4.79 Å². The van der Waals surface area contributed by atoms with E-state index in [9.17, 15) is 4.79 Å². The van der Waals surface area contributed by atoms with Gasteiger partial charge in [0.1, 0.15) is 5.82 Å². The number of pyridine rings is 1. The van der Waals surface area contributed by atoms with E-state index in [0.717, 1.165) is 24.1 Å². The average Bonchev–Trinajstić information content (AvgIpc) is 2.95. The van der Waals surface area contributed by atoms with Gasteiger partial charge in [-0.1, -0.05) is 15.9 Å². The van der Waals surface area contributed by atoms with Crippen LogP contribution in [0.1, 0.15) is 12.8 Å². The number of nitrogens with one attached hydrogen (secondary N) is 1. The Balaban J connectivity index is 1.46. The maximum absolute atomic E-state index is 11.9. The van der Waals surface area contributed by atoms with Gasteiger partial charge < -0.3 is 10.2 Å². The van der Waals surface area contributed by atoms with Crippen LogP contribution in [0.25, 0.3) is 0 Å². The number of hydrogen-bond acceptors (Lipinski definition) is 4. The number of anilines is 1. The average molecular weight is 339 g/mol. The van der Waals surface area contributed by atoms with Crippen LogP contribution in [0.4, 0.5) is 5.82 Å². The molecular formula is C14H19BrN4O. The molecule has 1 aromatic rings. The van der Waals surface area contributed by atoms with E-state index in [-0.39, 0.29) is 5.91 Å². The lowest BCUT2D eigenvalue weighted by Crippen LogP contribution is -2.45. The molecule has 3 rings (SSSR count). The first-order valence-corrected chi connectivity index (χ1v) is 7.77. The lowest BCUT2D eigenvalue weighted by molar-refractivity contribution is -0.116. The number of likely N-dealkylation sites (N-methyl/N-ethyl adjacent to an activating group) is 1. The smallest absolute Gasteiger partial charge is 0.226 e. The number of nitrogens with zero attached hydrogens (tertiary/aromatic N) is 3. The Hall–Kier alpha value is -0.980. The molecule has 5 nitrogen and oxygen atoms in total. The minimum Gasteiger partial charge on any atom is -0.311 e. The van der Waals surface area contributed by atoms with Gasteiger partial charge in [-0.3, -0.25) is 9.69 Å². The molecule has 2 fully saturated rings. The number of rotatable bonds is 4. The molecule has 2 aliphatic rings. The van der Waals surface area contributed by atoms with Crippen molar-refractivity contribution in [2.75, 3.05) is 32.0 Å². The monoisotopic (exact) mass is 338 g/mol. The summed E-state index contributed by atoms with van der Waals surface area (Å²) in [4.78, 5) is 20.9. The van der Waals surface area contributed by atoms with Gasteiger partial charge in [0.2, 0.25) is 5.91 Å². The van der Waals surface area contributed by atoms with E-state index in [1.165, 1.54) is 6.42 Å². The summed E-state index contributed by atoms with van der Waals surface area (Å²) in [5.41, 5.74) is 0. The van der Waals surface area contributed by atoms with E-state index in [4.69, 9.17) is 0 Å². The summed E-state index contributed by atoms with van der Waals surface area (Å²) in [5, 5.41) is 2.84. The summed E-state index contributed by atoms with van der Waals surface area (Å²) in [6.07, 6.45) is 3.46. The van der Waals surface area contributed by atoms with Gasteiger partial charge in [-0.05, 0) is 25.6 Å². The molecule has 1 aromatic heterocycles. The summed E-state index contributed by atoms with van der Waals surface area (Å²) in [6, 6.07) is 4.98. The molecule has 3 heterocycles. The second kappa shape index (κ2) is 5.79. The van der Waals surface area contributed by atoms with Crippen LogP contribution in [0.5, 0.6) is 0 Å². The van der Waals surface area contributed by atoms with Gasteiger partial charge in [0, 0.05) is 48.8 Å². The maximum Gasteiger partial charge on any atom is 0.226 e. The van der Waals surface area contributed by atoms with Gasteiger partial charge in [-0.2, -0.15) is 0 Å². The SMILES string of the molecule is CN1CC2CC1CN2CCC(=O)Nc1cc(Br)ccn1. The highest BCUT2D eigenvalue weighted by atomic mass is 79.9. The van der Waals surface area contributed by atoms with Crippen molar-refractivity contribution in [2.45, 2.75) is 24.9 Å². The third-order valence-electron chi connectivity index (χ3n) is 4.24. The standard InChI is InChI=1S/C14H19BrN4O/c1-18-8-12-7-11(18)9-19(12)5-3-14(20)17-13-6-10(15)2-4-16-13/h2,4,6,11-12H,3,5,7-9H2,1H3,(H,16,17,20). The van der Waals surface area contributed by atoms with E-state index < -0.39 is 0 Å². The van der Waals surface area contributed by atoms with Gasteiger partial charge in [0.05, 0.1) is 0 Å². The minimum absolute atomic E-state index is 0.0340. The van der Waals surface area contributed by atoms with Crippen molar-refractivity contribution < 1.29 is 4.79 Å². The lowest BCUT2D eigenvalue weighted by Gasteiger charge is -2.31. The molecule has 0 saturated carbocycles. The van der Waals surface area contributed by atoms with Crippen molar-refractivity contribution in [1.82, 2.24) is 14.8 Å². The number of likely N-dealkylation sites (tertiary alicyclic amines) is 2. The lowest BCUT2D eigenvalue weighted by atomic mass is 10.2. The Morgan fingerprint density at radius 3 is 3.00 bits per heavy atom. The zero-order chi connectivity index (χ0) is 14.1. The predicted octanol–water partition coefficient (Wildman–Crippen LogP) is 1.56. The van der Waals surface area contributed by atoms with Crippen molar-refractivity contribution in [2.24, 2.45) is 0 Å². The molecule has 0 aromatic carbocycles. The van der Waals surface area contributed by atoms with Gasteiger partial charge >= 0.3 is 0 Å². The molecule has 0 radical (unpaired) electrons. The van der Waals surface area contributed by atoms with Gasteiger partial charge in [-0.25, -0.2) is 4.98 Å². The Morgan fingerprint density at radius 2 is 2.35 bits per heavy atom. The number of hydrogen-bond donors (Lipinski definition) is 1. The molecule has 1 N–H and O–H groups in total. The predicted molar refractivity (Wildman–Crippen MR) is 81.6 cm³/mol. The highest BCUT2D eigenvalue weighted by Crippen LogP contribution is 2.29. The van der Waals surface area contributed by atoms with Crippen molar-refractivity contribution in [3.63, 3.8) is 0 Å². The first-order valence-electron chi connectivity index (χ1n) is 6.97. The highest BCUT2D eigenvalue weighted by molar-refractivity contribution is 9.10. The molecule has 108 valence electrons.